The van der Waals surface area contributed by atoms with Crippen molar-refractivity contribution in [1.82, 2.24) is 4.90 Å². The summed E-state index contributed by atoms with van der Waals surface area (Å²) in [4.78, 5) is 41.4. The fraction of sp³-hybridized carbons (Fsp3) is 0.464. The number of ether oxygens (including phenoxy) is 1. The number of esters is 1. The molecule has 35 heavy (non-hydrogen) atoms. The van der Waals surface area contributed by atoms with Crippen molar-refractivity contribution >= 4 is 23.5 Å². The average Bonchev–Trinajstić information content (AvgIpc) is 2.84. The van der Waals surface area contributed by atoms with Gasteiger partial charge in [0.2, 0.25) is 11.8 Å². The van der Waals surface area contributed by atoms with Gasteiger partial charge in [-0.05, 0) is 61.1 Å². The second-order valence-corrected chi connectivity index (χ2v) is 9.48. The van der Waals surface area contributed by atoms with Crippen LogP contribution in [0.3, 0.4) is 0 Å². The van der Waals surface area contributed by atoms with Crippen molar-refractivity contribution in [3.63, 3.8) is 0 Å². The Labute approximate surface area is 207 Å². The zero-order chi connectivity index (χ0) is 25.4. The van der Waals surface area contributed by atoms with Crippen LogP contribution in [-0.2, 0) is 32.1 Å². The number of anilines is 1. The summed E-state index contributed by atoms with van der Waals surface area (Å²) in [7, 11) is 0. The van der Waals surface area contributed by atoms with E-state index in [1.165, 1.54) is 12.1 Å². The molecule has 0 aromatic heterocycles. The van der Waals surface area contributed by atoms with Gasteiger partial charge in [-0.25, -0.2) is 4.39 Å². The summed E-state index contributed by atoms with van der Waals surface area (Å²) >= 11 is 0. The van der Waals surface area contributed by atoms with Crippen LogP contribution in [0.2, 0.25) is 0 Å². The molecular weight excluding hydrogens is 447 g/mol. The largest absolute Gasteiger partial charge is 0.466 e. The Balaban J connectivity index is 1.68. The standard InChI is InChI=1S/C28H35FN2O4/c1-4-35-28(34)23-6-5-15-30(19-23)26(32)17-21-9-13-25(14-10-21)31(27(33)16-20(2)3)18-22-7-11-24(29)12-8-22/h7-14,20,23H,4-6,15-19H2,1-3H3. The molecule has 0 saturated carbocycles. The number of amides is 2. The zero-order valence-electron chi connectivity index (χ0n) is 20.8. The number of carbonyl (C=O) groups is 3. The molecule has 1 fully saturated rings. The first-order valence-electron chi connectivity index (χ1n) is 12.3. The van der Waals surface area contributed by atoms with E-state index < -0.39 is 0 Å². The molecule has 7 heteroatoms. The first kappa shape index (κ1) is 26.4. The van der Waals surface area contributed by atoms with Gasteiger partial charge in [0.25, 0.3) is 0 Å². The molecule has 0 spiro atoms. The number of rotatable bonds is 9. The van der Waals surface area contributed by atoms with Crippen LogP contribution >= 0.6 is 0 Å². The molecule has 1 saturated heterocycles. The normalized spacial score (nSPS) is 15.7. The third-order valence-corrected chi connectivity index (χ3v) is 6.14. The van der Waals surface area contributed by atoms with Crippen LogP contribution in [0.5, 0.6) is 0 Å². The van der Waals surface area contributed by atoms with Crippen molar-refractivity contribution in [1.29, 1.82) is 0 Å². The van der Waals surface area contributed by atoms with Crippen molar-refractivity contribution in [2.24, 2.45) is 11.8 Å². The molecule has 0 aliphatic carbocycles. The van der Waals surface area contributed by atoms with Gasteiger partial charge in [-0.3, -0.25) is 14.4 Å². The summed E-state index contributed by atoms with van der Waals surface area (Å²) < 4.78 is 18.4. The number of benzene rings is 2. The fourth-order valence-corrected chi connectivity index (χ4v) is 4.29. The molecule has 2 aromatic rings. The highest BCUT2D eigenvalue weighted by Gasteiger charge is 2.29. The lowest BCUT2D eigenvalue weighted by molar-refractivity contribution is -0.151. The van der Waals surface area contributed by atoms with Crippen LogP contribution in [0.15, 0.2) is 48.5 Å². The van der Waals surface area contributed by atoms with Crippen LogP contribution < -0.4 is 4.90 Å². The van der Waals surface area contributed by atoms with Crippen LogP contribution in [-0.4, -0.2) is 42.4 Å². The molecule has 1 aliphatic heterocycles. The highest BCUT2D eigenvalue weighted by atomic mass is 19.1. The highest BCUT2D eigenvalue weighted by molar-refractivity contribution is 5.93. The number of likely N-dealkylation sites (tertiary alicyclic amines) is 1. The molecule has 188 valence electrons. The SMILES string of the molecule is CCOC(=O)C1CCCN(C(=O)Cc2ccc(N(Cc3ccc(F)cc3)C(=O)CC(C)C)cc2)C1. The molecule has 1 heterocycles. The lowest BCUT2D eigenvalue weighted by Crippen LogP contribution is -2.43. The van der Waals surface area contributed by atoms with Crippen molar-refractivity contribution in [3.05, 3.63) is 65.5 Å². The Morgan fingerprint density at radius 1 is 1.06 bits per heavy atom. The predicted molar refractivity (Wildman–Crippen MR) is 133 cm³/mol. The van der Waals surface area contributed by atoms with E-state index in [9.17, 15) is 18.8 Å². The van der Waals surface area contributed by atoms with Crippen LogP contribution in [0.4, 0.5) is 10.1 Å². The van der Waals surface area contributed by atoms with Crippen LogP contribution in [0.25, 0.3) is 0 Å². The summed E-state index contributed by atoms with van der Waals surface area (Å²) in [6, 6.07) is 13.6. The fourth-order valence-electron chi connectivity index (χ4n) is 4.29. The van der Waals surface area contributed by atoms with Crippen LogP contribution in [0, 0.1) is 17.7 Å². The molecule has 1 unspecified atom stereocenters. The van der Waals surface area contributed by atoms with E-state index >= 15 is 0 Å². The first-order valence-corrected chi connectivity index (χ1v) is 12.3. The Morgan fingerprint density at radius 3 is 2.34 bits per heavy atom. The number of hydrogen-bond acceptors (Lipinski definition) is 4. The molecule has 0 N–H and O–H groups in total. The van der Waals surface area contributed by atoms with E-state index in [-0.39, 0.29) is 41.9 Å². The molecule has 1 aliphatic rings. The summed E-state index contributed by atoms with van der Waals surface area (Å²) in [6.07, 6.45) is 2.15. The van der Waals surface area contributed by atoms with E-state index in [1.54, 1.807) is 28.9 Å². The molecule has 2 aromatic carbocycles. The van der Waals surface area contributed by atoms with E-state index in [1.807, 2.05) is 38.1 Å². The lowest BCUT2D eigenvalue weighted by atomic mass is 9.97. The maximum atomic E-state index is 13.3. The van der Waals surface area contributed by atoms with Crippen molar-refractivity contribution < 1.29 is 23.5 Å². The van der Waals surface area contributed by atoms with Gasteiger partial charge in [0.15, 0.2) is 0 Å². The van der Waals surface area contributed by atoms with Gasteiger partial charge < -0.3 is 14.5 Å². The van der Waals surface area contributed by atoms with Gasteiger partial charge >= 0.3 is 5.97 Å². The topological polar surface area (TPSA) is 66.9 Å². The molecular formula is C28H35FN2O4. The maximum Gasteiger partial charge on any atom is 0.310 e. The minimum absolute atomic E-state index is 0.00789. The molecule has 1 atom stereocenters. The number of carbonyl (C=O) groups excluding carboxylic acids is 3. The van der Waals surface area contributed by atoms with Crippen LogP contribution in [0.1, 0.15) is 51.2 Å². The molecule has 6 nitrogen and oxygen atoms in total. The van der Waals surface area contributed by atoms with E-state index in [0.29, 0.717) is 32.7 Å². The number of halogens is 1. The number of hydrogen-bond donors (Lipinski definition) is 0. The van der Waals surface area contributed by atoms with Gasteiger partial charge in [-0.15, -0.1) is 0 Å². The smallest absolute Gasteiger partial charge is 0.310 e. The maximum absolute atomic E-state index is 13.3. The second kappa shape index (κ2) is 12.5. The predicted octanol–water partition coefficient (Wildman–Crippen LogP) is 4.75. The zero-order valence-corrected chi connectivity index (χ0v) is 20.8. The molecule has 3 rings (SSSR count). The summed E-state index contributed by atoms with van der Waals surface area (Å²) in [6.45, 7) is 7.49. The highest BCUT2D eigenvalue weighted by Crippen LogP contribution is 2.23. The average molecular weight is 483 g/mol. The molecule has 2 amide bonds. The molecule has 0 bridgehead atoms. The second-order valence-electron chi connectivity index (χ2n) is 9.48. The molecule has 0 radical (unpaired) electrons. The van der Waals surface area contributed by atoms with E-state index in [4.69, 9.17) is 4.74 Å². The summed E-state index contributed by atoms with van der Waals surface area (Å²) in [5.41, 5.74) is 2.41. The Hall–Kier alpha value is -3.22. The van der Waals surface area contributed by atoms with Crippen molar-refractivity contribution in [3.8, 4) is 0 Å². The summed E-state index contributed by atoms with van der Waals surface area (Å²) in [5, 5.41) is 0. The quantitative estimate of drug-likeness (QED) is 0.484. The van der Waals surface area contributed by atoms with E-state index in [2.05, 4.69) is 0 Å². The third kappa shape index (κ3) is 7.64. The number of nitrogens with zero attached hydrogens (tertiary/aromatic N) is 2. The van der Waals surface area contributed by atoms with Crippen molar-refractivity contribution in [2.75, 3.05) is 24.6 Å². The third-order valence-electron chi connectivity index (χ3n) is 6.14. The Morgan fingerprint density at radius 2 is 1.71 bits per heavy atom. The van der Waals surface area contributed by atoms with E-state index in [0.717, 1.165) is 29.7 Å². The Kier molecular flexibility index (Phi) is 9.40. The monoisotopic (exact) mass is 482 g/mol. The minimum Gasteiger partial charge on any atom is -0.466 e. The minimum atomic E-state index is -0.315. The lowest BCUT2D eigenvalue weighted by Gasteiger charge is -2.31. The van der Waals surface area contributed by atoms with Gasteiger partial charge in [0, 0.05) is 25.2 Å². The first-order chi connectivity index (χ1) is 16.8. The van der Waals surface area contributed by atoms with Gasteiger partial charge in [-0.2, -0.15) is 0 Å². The van der Waals surface area contributed by atoms with Crippen molar-refractivity contribution in [2.45, 2.75) is 53.0 Å². The Bertz CT molecular complexity index is 1000. The van der Waals surface area contributed by atoms with Gasteiger partial charge in [-0.1, -0.05) is 38.1 Å². The van der Waals surface area contributed by atoms with Gasteiger partial charge in [0.1, 0.15) is 5.82 Å². The number of piperidine rings is 1. The van der Waals surface area contributed by atoms with Gasteiger partial charge in [0.05, 0.1) is 25.5 Å². The summed E-state index contributed by atoms with van der Waals surface area (Å²) in [5.74, 6) is -0.635.